The van der Waals surface area contributed by atoms with Crippen LogP contribution in [0.3, 0.4) is 0 Å². The van der Waals surface area contributed by atoms with Crippen LogP contribution in [0.25, 0.3) is 11.2 Å². The highest BCUT2D eigenvalue weighted by Crippen LogP contribution is 2.49. The van der Waals surface area contributed by atoms with E-state index >= 15 is 0 Å². The van der Waals surface area contributed by atoms with Gasteiger partial charge >= 0.3 is 0 Å². The Labute approximate surface area is 208 Å². The molecule has 3 aromatic rings. The molecule has 2 atom stereocenters. The zero-order chi connectivity index (χ0) is 26.5. The normalized spacial score (nSPS) is 21.2. The van der Waals surface area contributed by atoms with Gasteiger partial charge in [-0.3, -0.25) is 4.79 Å². The van der Waals surface area contributed by atoms with E-state index in [1.807, 2.05) is 0 Å². The number of hydrogen-bond acceptors (Lipinski definition) is 7. The van der Waals surface area contributed by atoms with Gasteiger partial charge in [-0.25, -0.2) is 35.9 Å². The molecule has 198 valence electrons. The number of rotatable bonds is 7. The molecule has 0 bridgehead atoms. The molecule has 1 saturated heterocycles. The number of carbonyl (C=O) groups excluding carboxylic acids is 1. The lowest BCUT2D eigenvalue weighted by Crippen LogP contribution is -2.18. The molecule has 9 nitrogen and oxygen atoms in total. The van der Waals surface area contributed by atoms with Crippen molar-refractivity contribution < 1.29 is 35.5 Å². The van der Waals surface area contributed by atoms with Crippen molar-refractivity contribution in [2.24, 2.45) is 5.92 Å². The molecule has 2 aliphatic rings. The Morgan fingerprint density at radius 2 is 1.95 bits per heavy atom. The van der Waals surface area contributed by atoms with Gasteiger partial charge in [0.05, 0.1) is 22.4 Å². The summed E-state index contributed by atoms with van der Waals surface area (Å²) in [5.74, 6) is -6.50. The number of hydrogen-bond donors (Lipinski definition) is 3. The van der Waals surface area contributed by atoms with E-state index in [4.69, 9.17) is 4.74 Å². The van der Waals surface area contributed by atoms with Crippen molar-refractivity contribution in [3.8, 4) is 0 Å². The fraction of sp³-hybridized carbons (Fsp3) is 0.435. The third kappa shape index (κ3) is 5.25. The number of nitrogens with one attached hydrogen (secondary N) is 3. The van der Waals surface area contributed by atoms with Crippen LogP contribution < -0.4 is 10.6 Å². The van der Waals surface area contributed by atoms with Crippen molar-refractivity contribution in [2.45, 2.75) is 49.0 Å². The van der Waals surface area contributed by atoms with Crippen LogP contribution in [-0.4, -0.2) is 48.1 Å². The summed E-state index contributed by atoms with van der Waals surface area (Å²) >= 11 is 0. The minimum atomic E-state index is -3.75. The highest BCUT2D eigenvalue weighted by atomic mass is 32.2. The lowest BCUT2D eigenvalue weighted by molar-refractivity contribution is -0.119. The van der Waals surface area contributed by atoms with Crippen molar-refractivity contribution in [2.75, 3.05) is 23.5 Å². The molecule has 2 fully saturated rings. The maximum atomic E-state index is 13.3. The Morgan fingerprint density at radius 1 is 1.19 bits per heavy atom. The van der Waals surface area contributed by atoms with E-state index < -0.39 is 46.3 Å². The average molecular weight is 542 g/mol. The Morgan fingerprint density at radius 3 is 2.57 bits per heavy atom. The average Bonchev–Trinajstić information content (AvgIpc) is 3.27. The minimum Gasteiger partial charge on any atom is -0.374 e. The molecule has 1 aliphatic heterocycles. The minimum absolute atomic E-state index is 0.0178. The molecule has 3 N–H and O–H groups in total. The van der Waals surface area contributed by atoms with Crippen LogP contribution in [0.2, 0.25) is 0 Å². The largest absolute Gasteiger partial charge is 0.374 e. The molecule has 1 saturated carbocycles. The first kappa shape index (κ1) is 25.4. The maximum Gasteiger partial charge on any atom is 0.295 e. The first-order chi connectivity index (χ1) is 17.4. The van der Waals surface area contributed by atoms with E-state index in [0.717, 1.165) is 25.5 Å². The van der Waals surface area contributed by atoms with Crippen LogP contribution in [0.1, 0.15) is 49.6 Å². The zero-order valence-electron chi connectivity index (χ0n) is 19.5. The van der Waals surface area contributed by atoms with Gasteiger partial charge < -0.3 is 20.4 Å². The highest BCUT2D eigenvalue weighted by Gasteiger charge is 2.61. The van der Waals surface area contributed by atoms with Gasteiger partial charge in [0.15, 0.2) is 21.3 Å². The summed E-state index contributed by atoms with van der Waals surface area (Å²) in [6, 6.07) is 5.98. The number of alkyl halides is 4. The number of sulfone groups is 1. The number of aromatic nitrogens is 3. The zero-order valence-corrected chi connectivity index (χ0v) is 20.3. The van der Waals surface area contributed by atoms with Crippen molar-refractivity contribution in [1.29, 1.82) is 0 Å². The fourth-order valence-corrected chi connectivity index (χ4v) is 5.15. The number of fused-ring (bicyclic) bond motifs is 1. The molecule has 1 unspecified atom stereocenters. The Kier molecular flexibility index (Phi) is 6.34. The quantitative estimate of drug-likeness (QED) is 0.364. The van der Waals surface area contributed by atoms with Gasteiger partial charge in [0.2, 0.25) is 5.91 Å². The molecule has 0 radical (unpaired) electrons. The molecule has 14 heteroatoms. The summed E-state index contributed by atoms with van der Waals surface area (Å²) in [5.41, 5.74) is 0.684. The molecule has 5 rings (SSSR count). The van der Waals surface area contributed by atoms with E-state index in [0.29, 0.717) is 12.2 Å². The standard InChI is InChI=1S/C23H23F4N5O4S/c1-37(34,35)16-8-11(15-4-2-3-7-36-15)5-6-13(16)28-14-9-17(30-22(33)12-10-23(12,26)27)29-20-18(14)31-21(32-20)19(24)25/h5-6,8-9,12,15,19H,2-4,7,10H2,1H3,(H3,28,29,30,31,32,33)/t12?,15-/m1/s1. The fourth-order valence-electron chi connectivity index (χ4n) is 4.28. The first-order valence-corrected chi connectivity index (χ1v) is 13.4. The second kappa shape index (κ2) is 9.24. The van der Waals surface area contributed by atoms with E-state index in [1.54, 1.807) is 6.07 Å². The first-order valence-electron chi connectivity index (χ1n) is 11.5. The Bertz CT molecular complexity index is 1470. The number of anilines is 3. The number of benzene rings is 1. The lowest BCUT2D eigenvalue weighted by atomic mass is 10.0. The van der Waals surface area contributed by atoms with E-state index in [-0.39, 0.29) is 39.4 Å². The van der Waals surface area contributed by atoms with Crippen molar-refractivity contribution in [1.82, 2.24) is 15.0 Å². The van der Waals surface area contributed by atoms with Crippen LogP contribution in [0.4, 0.5) is 34.8 Å². The number of pyridine rings is 1. The second-order valence-corrected chi connectivity index (χ2v) is 11.2. The molecule has 1 aliphatic carbocycles. The molecule has 0 spiro atoms. The predicted octanol–water partition coefficient (Wildman–Crippen LogP) is 4.88. The van der Waals surface area contributed by atoms with Crippen LogP contribution in [0.5, 0.6) is 0 Å². The summed E-state index contributed by atoms with van der Waals surface area (Å²) in [7, 11) is -3.75. The van der Waals surface area contributed by atoms with E-state index in [2.05, 4.69) is 25.6 Å². The summed E-state index contributed by atoms with van der Waals surface area (Å²) in [5, 5.41) is 5.17. The van der Waals surface area contributed by atoms with Gasteiger partial charge in [-0.1, -0.05) is 6.07 Å². The predicted molar refractivity (Wildman–Crippen MR) is 126 cm³/mol. The van der Waals surface area contributed by atoms with Gasteiger partial charge in [0.25, 0.3) is 12.3 Å². The third-order valence-electron chi connectivity index (χ3n) is 6.31. The second-order valence-electron chi connectivity index (χ2n) is 9.19. The van der Waals surface area contributed by atoms with Crippen molar-refractivity contribution >= 4 is 44.1 Å². The number of ether oxygens (including phenoxy) is 1. The number of aromatic amines is 1. The van der Waals surface area contributed by atoms with Gasteiger partial charge in [0, 0.05) is 25.3 Å². The topological polar surface area (TPSA) is 126 Å². The Hall–Kier alpha value is -3.26. The van der Waals surface area contributed by atoms with Gasteiger partial charge in [-0.15, -0.1) is 0 Å². The number of halogens is 4. The highest BCUT2D eigenvalue weighted by molar-refractivity contribution is 7.90. The van der Waals surface area contributed by atoms with Crippen LogP contribution >= 0.6 is 0 Å². The number of imidazole rings is 1. The number of amides is 1. The molecule has 1 amide bonds. The summed E-state index contributed by atoms with van der Waals surface area (Å²) in [4.78, 5) is 22.3. The van der Waals surface area contributed by atoms with E-state index in [9.17, 15) is 30.8 Å². The van der Waals surface area contributed by atoms with Crippen LogP contribution in [-0.2, 0) is 19.4 Å². The summed E-state index contributed by atoms with van der Waals surface area (Å²) < 4.78 is 84.4. The summed E-state index contributed by atoms with van der Waals surface area (Å²) in [6.45, 7) is 0.571. The maximum absolute atomic E-state index is 13.3. The van der Waals surface area contributed by atoms with Gasteiger partial charge in [-0.05, 0) is 37.0 Å². The molecule has 2 aromatic heterocycles. The monoisotopic (exact) mass is 541 g/mol. The third-order valence-corrected chi connectivity index (χ3v) is 7.44. The van der Waals surface area contributed by atoms with Crippen molar-refractivity contribution in [3.63, 3.8) is 0 Å². The molecule has 3 heterocycles. The van der Waals surface area contributed by atoms with Crippen molar-refractivity contribution in [3.05, 3.63) is 35.7 Å². The van der Waals surface area contributed by atoms with Gasteiger partial charge in [-0.2, -0.15) is 0 Å². The number of nitrogens with zero attached hydrogens (tertiary/aromatic N) is 2. The smallest absolute Gasteiger partial charge is 0.295 e. The molecular weight excluding hydrogens is 518 g/mol. The number of carbonyl (C=O) groups is 1. The van der Waals surface area contributed by atoms with Crippen LogP contribution in [0.15, 0.2) is 29.2 Å². The molecular formula is C23H23F4N5O4S. The summed E-state index contributed by atoms with van der Waals surface area (Å²) in [6.07, 6.45) is -0.163. The SMILES string of the molecule is CS(=O)(=O)c1cc([C@H]2CCCCO2)ccc1Nc1cc(NC(=O)C2CC2(F)F)nc2nc(C(F)F)[nH]c12. The number of H-pyrrole nitrogens is 1. The Balaban J connectivity index is 1.54. The lowest BCUT2D eigenvalue weighted by Gasteiger charge is -2.24. The molecule has 37 heavy (non-hydrogen) atoms. The van der Waals surface area contributed by atoms with E-state index in [1.165, 1.54) is 18.2 Å². The van der Waals surface area contributed by atoms with Gasteiger partial charge in [0.1, 0.15) is 17.3 Å². The molecule has 1 aromatic carbocycles. The van der Waals surface area contributed by atoms with Crippen LogP contribution in [0, 0.1) is 5.92 Å².